The number of nitrogens with one attached hydrogen (secondary N) is 3. The molecular weight excluding hydrogens is 566 g/mol. The van der Waals surface area contributed by atoms with Gasteiger partial charge in [-0.25, -0.2) is 0 Å². The lowest BCUT2D eigenvalue weighted by atomic mass is 10.0. The van der Waals surface area contributed by atoms with Crippen molar-refractivity contribution >= 4 is 57.7 Å². The number of aryl methyl sites for hydroxylation is 2. The number of carbonyl (C=O) groups excluding carboxylic acids is 3. The van der Waals surface area contributed by atoms with Crippen molar-refractivity contribution in [1.82, 2.24) is 5.32 Å². The highest BCUT2D eigenvalue weighted by atomic mass is 32.2. The summed E-state index contributed by atoms with van der Waals surface area (Å²) >= 11 is 1.43. The molecule has 0 aliphatic heterocycles. The lowest BCUT2D eigenvalue weighted by Gasteiger charge is -2.16. The van der Waals surface area contributed by atoms with Gasteiger partial charge in [-0.3, -0.25) is 14.4 Å². The fraction of sp³-hybridized carbons (Fsp3) is 0.108. The quantitative estimate of drug-likeness (QED) is 0.118. The minimum atomic E-state index is -0.455. The highest BCUT2D eigenvalue weighted by molar-refractivity contribution is 8.00. The van der Waals surface area contributed by atoms with Gasteiger partial charge in [0.2, 0.25) is 5.91 Å². The molecule has 7 heteroatoms. The number of benzene rings is 5. The van der Waals surface area contributed by atoms with E-state index in [1.54, 1.807) is 42.5 Å². The van der Waals surface area contributed by atoms with Crippen molar-refractivity contribution in [2.75, 3.05) is 10.6 Å². The van der Waals surface area contributed by atoms with E-state index in [0.29, 0.717) is 11.3 Å². The van der Waals surface area contributed by atoms with Gasteiger partial charge >= 0.3 is 0 Å². The van der Waals surface area contributed by atoms with Gasteiger partial charge in [-0.15, -0.1) is 11.8 Å². The van der Waals surface area contributed by atoms with Gasteiger partial charge in [-0.1, -0.05) is 78.9 Å². The molecule has 5 aromatic carbocycles. The Morgan fingerprint density at radius 1 is 0.705 bits per heavy atom. The third kappa shape index (κ3) is 7.43. The Balaban J connectivity index is 1.31. The van der Waals surface area contributed by atoms with Crippen molar-refractivity contribution in [3.05, 3.63) is 143 Å². The van der Waals surface area contributed by atoms with Crippen molar-refractivity contribution in [1.29, 1.82) is 0 Å². The summed E-state index contributed by atoms with van der Waals surface area (Å²) in [6.07, 6.45) is 1.69. The zero-order valence-corrected chi connectivity index (χ0v) is 25.6. The monoisotopic (exact) mass is 599 g/mol. The highest BCUT2D eigenvalue weighted by Gasteiger charge is 2.18. The van der Waals surface area contributed by atoms with Gasteiger partial charge in [0.1, 0.15) is 5.70 Å². The first-order chi connectivity index (χ1) is 21.3. The molecule has 0 fully saturated rings. The van der Waals surface area contributed by atoms with E-state index in [1.807, 2.05) is 99.6 Å². The maximum atomic E-state index is 13.5. The molecule has 1 unspecified atom stereocenters. The van der Waals surface area contributed by atoms with Crippen LogP contribution in [0.5, 0.6) is 0 Å². The van der Waals surface area contributed by atoms with Crippen LogP contribution in [-0.2, 0) is 9.59 Å². The molecule has 0 saturated heterocycles. The summed E-state index contributed by atoms with van der Waals surface area (Å²) in [5, 5.41) is 10.4. The first-order valence-corrected chi connectivity index (χ1v) is 15.2. The molecule has 0 aliphatic carbocycles. The average Bonchev–Trinajstić information content (AvgIpc) is 3.04. The predicted molar refractivity (Wildman–Crippen MR) is 181 cm³/mol. The Bertz CT molecular complexity index is 1820. The summed E-state index contributed by atoms with van der Waals surface area (Å²) in [4.78, 5) is 40.4. The van der Waals surface area contributed by atoms with Crippen LogP contribution in [0.4, 0.5) is 11.4 Å². The minimum absolute atomic E-state index is 0.0813. The fourth-order valence-electron chi connectivity index (χ4n) is 4.78. The Morgan fingerprint density at radius 2 is 1.34 bits per heavy atom. The predicted octanol–water partition coefficient (Wildman–Crippen LogP) is 7.99. The Kier molecular flexibility index (Phi) is 9.57. The number of thioether (sulfide) groups is 1. The number of hydrogen-bond donors (Lipinski definition) is 3. The van der Waals surface area contributed by atoms with E-state index in [4.69, 9.17) is 0 Å². The van der Waals surface area contributed by atoms with E-state index in [9.17, 15) is 14.4 Å². The molecule has 220 valence electrons. The molecule has 5 rings (SSSR count). The van der Waals surface area contributed by atoms with Crippen LogP contribution in [0.25, 0.3) is 16.8 Å². The van der Waals surface area contributed by atoms with Gasteiger partial charge in [-0.2, -0.15) is 0 Å². The van der Waals surface area contributed by atoms with Gasteiger partial charge in [0.25, 0.3) is 11.8 Å². The summed E-state index contributed by atoms with van der Waals surface area (Å²) in [7, 11) is 0. The number of carbonyl (C=O) groups is 3. The standard InChI is InChI=1S/C37H33N3O3S/c1-24-11-9-12-25(2)34(24)40-35(41)26(3)44-31-21-19-30(20-22-31)38-37(43)33(39-36(42)28-14-5-4-6-15-28)23-29-17-10-16-27-13-7-8-18-32(27)29/h4-23,26H,1-3H3,(H,38,43)(H,39,42)(H,40,41)/b33-23-. The van der Waals surface area contributed by atoms with Crippen LogP contribution in [0, 0.1) is 13.8 Å². The van der Waals surface area contributed by atoms with Gasteiger partial charge in [-0.05, 0) is 90.7 Å². The Labute approximate surface area is 261 Å². The first-order valence-electron chi connectivity index (χ1n) is 14.3. The van der Waals surface area contributed by atoms with Crippen molar-refractivity contribution in [3.63, 3.8) is 0 Å². The van der Waals surface area contributed by atoms with E-state index in [-0.39, 0.29) is 22.8 Å². The highest BCUT2D eigenvalue weighted by Crippen LogP contribution is 2.27. The van der Waals surface area contributed by atoms with Crippen LogP contribution in [0.1, 0.15) is 34.0 Å². The molecule has 0 aliphatic rings. The molecule has 0 aromatic heterocycles. The molecule has 0 spiro atoms. The number of anilines is 2. The second kappa shape index (κ2) is 13.9. The summed E-state index contributed by atoms with van der Waals surface area (Å²) in [6, 6.07) is 35.7. The summed E-state index contributed by atoms with van der Waals surface area (Å²) in [5.41, 5.74) is 4.81. The van der Waals surface area contributed by atoms with Crippen LogP contribution in [0.3, 0.4) is 0 Å². The lowest BCUT2D eigenvalue weighted by molar-refractivity contribution is -0.115. The van der Waals surface area contributed by atoms with Crippen LogP contribution < -0.4 is 16.0 Å². The zero-order chi connectivity index (χ0) is 31.1. The summed E-state index contributed by atoms with van der Waals surface area (Å²) < 4.78 is 0. The molecule has 0 radical (unpaired) electrons. The van der Waals surface area contributed by atoms with E-state index < -0.39 is 5.91 Å². The van der Waals surface area contributed by atoms with Crippen LogP contribution >= 0.6 is 11.8 Å². The second-order valence-corrected chi connectivity index (χ2v) is 11.9. The molecule has 44 heavy (non-hydrogen) atoms. The molecular formula is C37H33N3O3S. The molecule has 0 saturated carbocycles. The average molecular weight is 600 g/mol. The largest absolute Gasteiger partial charge is 0.325 e. The topological polar surface area (TPSA) is 87.3 Å². The third-order valence-corrected chi connectivity index (χ3v) is 8.29. The number of rotatable bonds is 9. The van der Waals surface area contributed by atoms with Crippen molar-refractivity contribution < 1.29 is 14.4 Å². The van der Waals surface area contributed by atoms with E-state index in [0.717, 1.165) is 38.0 Å². The molecule has 0 heterocycles. The van der Waals surface area contributed by atoms with Crippen molar-refractivity contribution in [2.24, 2.45) is 0 Å². The van der Waals surface area contributed by atoms with E-state index in [1.165, 1.54) is 11.8 Å². The zero-order valence-electron chi connectivity index (χ0n) is 24.8. The summed E-state index contributed by atoms with van der Waals surface area (Å²) in [5.74, 6) is -0.918. The molecule has 1 atom stereocenters. The first kappa shape index (κ1) is 30.3. The summed E-state index contributed by atoms with van der Waals surface area (Å²) in [6.45, 7) is 5.81. The molecule has 0 bridgehead atoms. The Morgan fingerprint density at radius 3 is 2.07 bits per heavy atom. The molecule has 5 aromatic rings. The number of fused-ring (bicyclic) bond motifs is 1. The minimum Gasteiger partial charge on any atom is -0.325 e. The molecule has 6 nitrogen and oxygen atoms in total. The third-order valence-electron chi connectivity index (χ3n) is 7.18. The molecule has 3 N–H and O–H groups in total. The Hall–Kier alpha value is -5.14. The van der Waals surface area contributed by atoms with Gasteiger partial charge in [0.15, 0.2) is 0 Å². The maximum Gasteiger partial charge on any atom is 0.272 e. The maximum absolute atomic E-state index is 13.5. The van der Waals surface area contributed by atoms with E-state index >= 15 is 0 Å². The number of hydrogen-bond acceptors (Lipinski definition) is 4. The van der Waals surface area contributed by atoms with Gasteiger partial charge in [0, 0.05) is 21.8 Å². The number of amides is 3. The van der Waals surface area contributed by atoms with Crippen LogP contribution in [0.2, 0.25) is 0 Å². The van der Waals surface area contributed by atoms with Gasteiger partial charge < -0.3 is 16.0 Å². The van der Waals surface area contributed by atoms with Crippen molar-refractivity contribution in [3.8, 4) is 0 Å². The SMILES string of the molecule is Cc1cccc(C)c1NC(=O)C(C)Sc1ccc(NC(=O)/C(=C/c2cccc3ccccc23)NC(=O)c2ccccc2)cc1. The smallest absolute Gasteiger partial charge is 0.272 e. The van der Waals surface area contributed by atoms with E-state index in [2.05, 4.69) is 16.0 Å². The van der Waals surface area contributed by atoms with Gasteiger partial charge in [0.05, 0.1) is 5.25 Å². The number of para-hydroxylation sites is 1. The van der Waals surface area contributed by atoms with Crippen LogP contribution in [-0.4, -0.2) is 23.0 Å². The second-order valence-electron chi connectivity index (χ2n) is 10.4. The fourth-order valence-corrected chi connectivity index (χ4v) is 5.65. The normalized spacial score (nSPS) is 11.9. The lowest BCUT2D eigenvalue weighted by Crippen LogP contribution is -2.30. The van der Waals surface area contributed by atoms with Crippen molar-refractivity contribution in [2.45, 2.75) is 30.9 Å². The van der Waals surface area contributed by atoms with Crippen LogP contribution in [0.15, 0.2) is 126 Å². The molecule has 3 amide bonds.